The van der Waals surface area contributed by atoms with Crippen molar-refractivity contribution in [3.8, 4) is 5.75 Å². The van der Waals surface area contributed by atoms with Gasteiger partial charge in [0.25, 0.3) is 15.9 Å². The maximum absolute atomic E-state index is 13.9. The third kappa shape index (κ3) is 5.95. The maximum Gasteiger partial charge on any atom is 0.263 e. The zero-order valence-electron chi connectivity index (χ0n) is 23.7. The minimum absolute atomic E-state index is 0.00680. The fourth-order valence-corrected chi connectivity index (χ4v) is 6.02. The number of sulfonamides is 1. The molecule has 0 spiro atoms. The third-order valence-corrected chi connectivity index (χ3v) is 8.53. The first-order chi connectivity index (χ1) is 21.3. The molecule has 6 aromatic rings. The molecule has 2 heterocycles. The van der Waals surface area contributed by atoms with E-state index in [2.05, 4.69) is 10.0 Å². The number of ether oxygens (including phenoxy) is 1. The molecule has 0 atom stereocenters. The largest absolute Gasteiger partial charge is 0.497 e. The average Bonchev–Trinajstić information content (AvgIpc) is 3.31. The molecule has 0 aliphatic rings. The molecular formula is C33H28FN5O4S. The molecule has 0 fully saturated rings. The van der Waals surface area contributed by atoms with Gasteiger partial charge in [-0.25, -0.2) is 22.8 Å². The van der Waals surface area contributed by atoms with Crippen LogP contribution in [-0.2, 0) is 23.0 Å². The number of rotatable bonds is 10. The molecular weight excluding hydrogens is 581 g/mol. The van der Waals surface area contributed by atoms with E-state index in [0.29, 0.717) is 35.4 Å². The van der Waals surface area contributed by atoms with Crippen molar-refractivity contribution >= 4 is 43.9 Å². The summed E-state index contributed by atoms with van der Waals surface area (Å²) in [7, 11) is -2.69. The molecule has 11 heteroatoms. The van der Waals surface area contributed by atoms with Gasteiger partial charge < -0.3 is 14.6 Å². The Morgan fingerprint density at radius 1 is 0.841 bits per heavy atom. The molecule has 9 nitrogen and oxygen atoms in total. The van der Waals surface area contributed by atoms with E-state index in [1.54, 1.807) is 35.9 Å². The maximum atomic E-state index is 13.9. The number of amides is 1. The van der Waals surface area contributed by atoms with Gasteiger partial charge in [0.2, 0.25) is 0 Å². The van der Waals surface area contributed by atoms with E-state index in [0.717, 1.165) is 23.3 Å². The Morgan fingerprint density at radius 2 is 1.50 bits per heavy atom. The van der Waals surface area contributed by atoms with Gasteiger partial charge in [0.15, 0.2) is 5.65 Å². The van der Waals surface area contributed by atoms with Crippen molar-refractivity contribution in [2.24, 2.45) is 0 Å². The van der Waals surface area contributed by atoms with Crippen LogP contribution in [0.5, 0.6) is 5.75 Å². The van der Waals surface area contributed by atoms with Crippen molar-refractivity contribution in [3.05, 3.63) is 126 Å². The summed E-state index contributed by atoms with van der Waals surface area (Å²) in [4.78, 5) is 23.4. The van der Waals surface area contributed by atoms with Crippen LogP contribution in [0.25, 0.3) is 22.2 Å². The SMILES string of the molecule is COc1ccc(Cn2c(NS(=O)(=O)c3ccc(F)cc3)c(C(=O)NCCc3ccccc3)c3nc4ccccc4nc32)cc1. The van der Waals surface area contributed by atoms with Gasteiger partial charge in [-0.1, -0.05) is 54.6 Å². The van der Waals surface area contributed by atoms with Crippen LogP contribution in [0.1, 0.15) is 21.5 Å². The number of nitrogens with zero attached hydrogens (tertiary/aromatic N) is 3. The lowest BCUT2D eigenvalue weighted by atomic mass is 10.1. The van der Waals surface area contributed by atoms with Crippen molar-refractivity contribution in [3.63, 3.8) is 0 Å². The minimum atomic E-state index is -4.26. The number of fused-ring (bicyclic) bond motifs is 2. The lowest BCUT2D eigenvalue weighted by Crippen LogP contribution is -2.27. The first kappa shape index (κ1) is 28.8. The average molecular weight is 610 g/mol. The highest BCUT2D eigenvalue weighted by Gasteiger charge is 2.29. The first-order valence-corrected chi connectivity index (χ1v) is 15.3. The van der Waals surface area contributed by atoms with E-state index in [9.17, 15) is 17.6 Å². The second-order valence-corrected chi connectivity index (χ2v) is 11.8. The number of carbonyl (C=O) groups excluding carboxylic acids is 1. The Bertz CT molecular complexity index is 2060. The summed E-state index contributed by atoms with van der Waals surface area (Å²) in [6.45, 7) is 0.464. The number of para-hydroxylation sites is 2. The molecule has 4 aromatic carbocycles. The third-order valence-electron chi connectivity index (χ3n) is 7.18. The Hall–Kier alpha value is -5.29. The van der Waals surface area contributed by atoms with Crippen LogP contribution in [-0.4, -0.2) is 42.5 Å². The number of methoxy groups -OCH3 is 1. The van der Waals surface area contributed by atoms with Gasteiger partial charge in [0.05, 0.1) is 29.6 Å². The van der Waals surface area contributed by atoms with E-state index in [-0.39, 0.29) is 28.3 Å². The Labute approximate surface area is 253 Å². The lowest BCUT2D eigenvalue weighted by molar-refractivity contribution is 0.0956. The highest BCUT2D eigenvalue weighted by atomic mass is 32.2. The molecule has 6 rings (SSSR count). The predicted molar refractivity (Wildman–Crippen MR) is 167 cm³/mol. The van der Waals surface area contributed by atoms with Crippen LogP contribution in [0.4, 0.5) is 10.2 Å². The normalized spacial score (nSPS) is 11.5. The molecule has 0 radical (unpaired) electrons. The number of hydrogen-bond donors (Lipinski definition) is 2. The molecule has 1 amide bonds. The summed E-state index contributed by atoms with van der Waals surface area (Å²) in [5.41, 5.74) is 3.57. The summed E-state index contributed by atoms with van der Waals surface area (Å²) in [6.07, 6.45) is 0.572. The van der Waals surface area contributed by atoms with Crippen LogP contribution in [0, 0.1) is 5.82 Å². The highest BCUT2D eigenvalue weighted by molar-refractivity contribution is 7.92. The van der Waals surface area contributed by atoms with Gasteiger partial charge in [-0.2, -0.15) is 0 Å². The molecule has 44 heavy (non-hydrogen) atoms. The van der Waals surface area contributed by atoms with Gasteiger partial charge in [-0.15, -0.1) is 0 Å². The number of carbonyl (C=O) groups is 1. The van der Waals surface area contributed by atoms with Crippen LogP contribution in [0.2, 0.25) is 0 Å². The molecule has 0 aliphatic carbocycles. The van der Waals surface area contributed by atoms with Crippen LogP contribution >= 0.6 is 0 Å². The van der Waals surface area contributed by atoms with Crippen LogP contribution in [0.15, 0.2) is 108 Å². The van der Waals surface area contributed by atoms with Crippen LogP contribution in [0.3, 0.4) is 0 Å². The number of hydrogen-bond acceptors (Lipinski definition) is 6. The molecule has 222 valence electrons. The molecule has 0 bridgehead atoms. The highest BCUT2D eigenvalue weighted by Crippen LogP contribution is 2.33. The Kier molecular flexibility index (Phi) is 7.95. The molecule has 0 saturated carbocycles. The quantitative estimate of drug-likeness (QED) is 0.210. The van der Waals surface area contributed by atoms with Crippen molar-refractivity contribution in [2.45, 2.75) is 17.9 Å². The van der Waals surface area contributed by atoms with Crippen molar-refractivity contribution < 1.29 is 22.3 Å². The zero-order chi connectivity index (χ0) is 30.7. The monoisotopic (exact) mass is 609 g/mol. The van der Waals surface area contributed by atoms with E-state index in [1.807, 2.05) is 54.6 Å². The molecule has 0 aliphatic heterocycles. The van der Waals surface area contributed by atoms with E-state index in [1.165, 1.54) is 12.1 Å². The van der Waals surface area contributed by atoms with Crippen molar-refractivity contribution in [1.82, 2.24) is 19.9 Å². The number of aromatic nitrogens is 3. The number of halogens is 1. The van der Waals surface area contributed by atoms with E-state index < -0.39 is 21.7 Å². The second kappa shape index (κ2) is 12.1. The molecule has 2 aromatic heterocycles. The van der Waals surface area contributed by atoms with Gasteiger partial charge in [0.1, 0.15) is 28.5 Å². The van der Waals surface area contributed by atoms with Gasteiger partial charge >= 0.3 is 0 Å². The fraction of sp³-hybridized carbons (Fsp3) is 0.121. The molecule has 2 N–H and O–H groups in total. The van der Waals surface area contributed by atoms with Crippen LogP contribution < -0.4 is 14.8 Å². The summed E-state index contributed by atoms with van der Waals surface area (Å²) in [5, 5.41) is 2.93. The predicted octanol–water partition coefficient (Wildman–Crippen LogP) is 5.55. The van der Waals surface area contributed by atoms with E-state index in [4.69, 9.17) is 14.7 Å². The van der Waals surface area contributed by atoms with Crippen molar-refractivity contribution in [1.29, 1.82) is 0 Å². The van der Waals surface area contributed by atoms with Gasteiger partial charge in [0, 0.05) is 6.54 Å². The summed E-state index contributed by atoms with van der Waals surface area (Å²) < 4.78 is 50.5. The summed E-state index contributed by atoms with van der Waals surface area (Å²) >= 11 is 0. The topological polar surface area (TPSA) is 115 Å². The Morgan fingerprint density at radius 3 is 2.18 bits per heavy atom. The standard InChI is InChI=1S/C33H28FN5O4S/c1-43-25-15-11-23(12-16-25)21-39-31(38-44(41,42)26-17-13-24(34)14-18-26)29(33(40)35-20-19-22-7-3-2-4-8-22)30-32(39)37-28-10-6-5-9-27(28)36-30/h2-18,38H,19-21H2,1H3,(H,35,40). The van der Waals surface area contributed by atoms with Crippen molar-refractivity contribution in [2.75, 3.05) is 18.4 Å². The summed E-state index contributed by atoms with van der Waals surface area (Å²) in [6, 6.07) is 28.7. The van der Waals surface area contributed by atoms with Gasteiger partial charge in [-0.3, -0.25) is 9.52 Å². The number of nitrogens with one attached hydrogen (secondary N) is 2. The van der Waals surface area contributed by atoms with Gasteiger partial charge in [-0.05, 0) is 66.1 Å². The fourth-order valence-electron chi connectivity index (χ4n) is 4.94. The number of anilines is 1. The molecule has 0 unspecified atom stereocenters. The van der Waals surface area contributed by atoms with E-state index >= 15 is 0 Å². The number of benzene rings is 4. The minimum Gasteiger partial charge on any atom is -0.497 e. The lowest BCUT2D eigenvalue weighted by Gasteiger charge is -2.15. The second-order valence-electron chi connectivity index (χ2n) is 10.1. The smallest absolute Gasteiger partial charge is 0.263 e. The summed E-state index contributed by atoms with van der Waals surface area (Å²) in [5.74, 6) is -0.433. The zero-order valence-corrected chi connectivity index (χ0v) is 24.5. The molecule has 0 saturated heterocycles. The Balaban J connectivity index is 1.51. The first-order valence-electron chi connectivity index (χ1n) is 13.8.